The number of piperidine rings is 1. The molecule has 160 valence electrons. The van der Waals surface area contributed by atoms with Gasteiger partial charge in [0.2, 0.25) is 0 Å². The Labute approximate surface area is 187 Å². The first kappa shape index (κ1) is 20.2. The number of nitriles is 1. The lowest BCUT2D eigenvalue weighted by molar-refractivity contribution is 0.440. The maximum absolute atomic E-state index is 9.20. The van der Waals surface area contributed by atoms with Crippen LogP contribution in [-0.2, 0) is 7.05 Å². The summed E-state index contributed by atoms with van der Waals surface area (Å²) >= 11 is 0. The Morgan fingerprint density at radius 1 is 1.00 bits per heavy atom. The fourth-order valence-corrected chi connectivity index (χ4v) is 4.39. The Bertz CT molecular complexity index is 1290. The molecule has 3 heterocycles. The fourth-order valence-electron chi connectivity index (χ4n) is 4.39. The minimum absolute atomic E-state index is 0.558. The molecule has 2 aromatic heterocycles. The normalized spacial score (nSPS) is 14.6. The zero-order chi connectivity index (χ0) is 22.1. The molecular formula is C25H25N7. The van der Waals surface area contributed by atoms with Crippen molar-refractivity contribution < 1.29 is 0 Å². The van der Waals surface area contributed by atoms with Crippen LogP contribution in [0, 0.1) is 11.3 Å². The lowest BCUT2D eigenvalue weighted by atomic mass is 9.98. The van der Waals surface area contributed by atoms with Crippen molar-refractivity contribution in [1.29, 1.82) is 5.26 Å². The smallest absolute Gasteiger partial charge is 0.151 e. The van der Waals surface area contributed by atoms with Gasteiger partial charge in [-0.1, -0.05) is 18.2 Å². The minimum Gasteiger partial charge on any atom is -0.355 e. The highest BCUT2D eigenvalue weighted by atomic mass is 15.3. The zero-order valence-corrected chi connectivity index (χ0v) is 18.3. The molecule has 7 nitrogen and oxygen atoms in total. The first-order valence-corrected chi connectivity index (χ1v) is 10.9. The van der Waals surface area contributed by atoms with Crippen molar-refractivity contribution in [2.24, 2.45) is 7.05 Å². The van der Waals surface area contributed by atoms with Crippen molar-refractivity contribution in [3.63, 3.8) is 0 Å². The molecule has 0 amide bonds. The molecule has 1 aliphatic heterocycles. The summed E-state index contributed by atoms with van der Waals surface area (Å²) < 4.78 is 1.82. The first-order valence-electron chi connectivity index (χ1n) is 10.9. The highest BCUT2D eigenvalue weighted by Gasteiger charge is 2.21. The van der Waals surface area contributed by atoms with Gasteiger partial charge in [-0.05, 0) is 55.8 Å². The second-order valence-corrected chi connectivity index (χ2v) is 8.28. The Morgan fingerprint density at radius 3 is 2.47 bits per heavy atom. The Balaban J connectivity index is 1.59. The second kappa shape index (κ2) is 8.40. The summed E-state index contributed by atoms with van der Waals surface area (Å²) in [5.41, 5.74) is 5.45. The van der Waals surface area contributed by atoms with Gasteiger partial charge < -0.3 is 10.2 Å². The molecule has 1 N–H and O–H groups in total. The van der Waals surface area contributed by atoms with Gasteiger partial charge in [0, 0.05) is 48.9 Å². The van der Waals surface area contributed by atoms with Crippen LogP contribution >= 0.6 is 0 Å². The van der Waals surface area contributed by atoms with E-state index in [1.807, 2.05) is 61.4 Å². The summed E-state index contributed by atoms with van der Waals surface area (Å²) in [6.07, 6.45) is 4.18. The number of nitrogens with zero attached hydrogens (tertiary/aromatic N) is 6. The van der Waals surface area contributed by atoms with Crippen LogP contribution in [0.15, 0.2) is 54.7 Å². The Kier molecular flexibility index (Phi) is 5.29. The summed E-state index contributed by atoms with van der Waals surface area (Å²) in [7, 11) is 3.95. The minimum atomic E-state index is 0.558. The Morgan fingerprint density at radius 2 is 1.75 bits per heavy atom. The number of nitrogens with one attached hydrogen (secondary N) is 1. The lowest BCUT2D eigenvalue weighted by Gasteiger charge is -2.32. The van der Waals surface area contributed by atoms with Crippen LogP contribution in [0.1, 0.15) is 18.4 Å². The van der Waals surface area contributed by atoms with E-state index in [9.17, 15) is 5.26 Å². The van der Waals surface area contributed by atoms with Gasteiger partial charge in [-0.15, -0.1) is 10.2 Å². The predicted octanol–water partition coefficient (Wildman–Crippen LogP) is 3.76. The summed E-state index contributed by atoms with van der Waals surface area (Å²) in [5.74, 6) is 0.894. The van der Waals surface area contributed by atoms with Gasteiger partial charge in [0.1, 0.15) is 5.69 Å². The van der Waals surface area contributed by atoms with Gasteiger partial charge in [-0.25, -0.2) is 0 Å². The van der Waals surface area contributed by atoms with Crippen LogP contribution in [0.4, 0.5) is 5.82 Å². The van der Waals surface area contributed by atoms with Gasteiger partial charge in [0.05, 0.1) is 17.1 Å². The molecule has 1 aliphatic rings. The number of fused-ring (bicyclic) bond motifs is 1. The monoisotopic (exact) mass is 423 g/mol. The number of anilines is 1. The van der Waals surface area contributed by atoms with Crippen LogP contribution in [-0.4, -0.2) is 46.2 Å². The van der Waals surface area contributed by atoms with Gasteiger partial charge in [-0.2, -0.15) is 10.4 Å². The molecule has 4 aromatic rings. The molecule has 0 saturated carbocycles. The van der Waals surface area contributed by atoms with Crippen molar-refractivity contribution in [3.05, 3.63) is 60.3 Å². The largest absolute Gasteiger partial charge is 0.355 e. The standard InChI is InChI=1S/C25H25N7/c1-27-21-9-11-32(12-10-21)24-14-22(18-5-3-17(15-26)4-6-18)25(29-28-24)19-7-8-23-20(13-19)16-31(2)30-23/h3-8,13-14,16,21,27H,9-12H2,1-2H3. The van der Waals surface area contributed by atoms with E-state index >= 15 is 0 Å². The van der Waals surface area contributed by atoms with E-state index in [0.29, 0.717) is 11.6 Å². The quantitative estimate of drug-likeness (QED) is 0.538. The maximum Gasteiger partial charge on any atom is 0.151 e. The second-order valence-electron chi connectivity index (χ2n) is 8.28. The molecule has 1 fully saturated rings. The van der Waals surface area contributed by atoms with E-state index in [4.69, 9.17) is 5.10 Å². The van der Waals surface area contributed by atoms with Crippen LogP contribution in [0.2, 0.25) is 0 Å². The number of aromatic nitrogens is 4. The third-order valence-electron chi connectivity index (χ3n) is 6.23. The van der Waals surface area contributed by atoms with Crippen molar-refractivity contribution in [2.75, 3.05) is 25.0 Å². The number of aryl methyl sites for hydroxylation is 1. The molecule has 0 radical (unpaired) electrons. The summed E-state index contributed by atoms with van der Waals surface area (Å²) in [4.78, 5) is 2.31. The zero-order valence-electron chi connectivity index (χ0n) is 18.3. The fraction of sp³-hybridized carbons (Fsp3) is 0.280. The molecule has 5 rings (SSSR count). The number of benzene rings is 2. The SMILES string of the molecule is CNC1CCN(c2cc(-c3ccc(C#N)cc3)c(-c3ccc4nn(C)cc4c3)nn2)CC1. The van der Waals surface area contributed by atoms with Crippen LogP contribution in [0.25, 0.3) is 33.3 Å². The summed E-state index contributed by atoms with van der Waals surface area (Å²) in [6, 6.07) is 18.7. The molecular weight excluding hydrogens is 398 g/mol. The van der Waals surface area contributed by atoms with Gasteiger partial charge in [0.15, 0.2) is 5.82 Å². The molecule has 7 heteroatoms. The van der Waals surface area contributed by atoms with Crippen molar-refractivity contribution in [1.82, 2.24) is 25.3 Å². The number of rotatable bonds is 4. The van der Waals surface area contributed by atoms with Gasteiger partial charge >= 0.3 is 0 Å². The molecule has 0 bridgehead atoms. The lowest BCUT2D eigenvalue weighted by Crippen LogP contribution is -2.41. The highest BCUT2D eigenvalue weighted by Crippen LogP contribution is 2.34. The van der Waals surface area contributed by atoms with E-state index in [0.717, 1.165) is 65.0 Å². The van der Waals surface area contributed by atoms with Crippen molar-refractivity contribution in [3.8, 4) is 28.5 Å². The van der Waals surface area contributed by atoms with E-state index in [-0.39, 0.29) is 0 Å². The third-order valence-corrected chi connectivity index (χ3v) is 6.23. The average Bonchev–Trinajstić information content (AvgIpc) is 3.23. The van der Waals surface area contributed by atoms with Crippen molar-refractivity contribution in [2.45, 2.75) is 18.9 Å². The molecule has 32 heavy (non-hydrogen) atoms. The van der Waals surface area contributed by atoms with Crippen molar-refractivity contribution >= 4 is 16.7 Å². The van der Waals surface area contributed by atoms with Crippen LogP contribution in [0.3, 0.4) is 0 Å². The molecule has 0 aliphatic carbocycles. The van der Waals surface area contributed by atoms with E-state index < -0.39 is 0 Å². The van der Waals surface area contributed by atoms with E-state index in [2.05, 4.69) is 38.6 Å². The molecule has 0 atom stereocenters. The van der Waals surface area contributed by atoms with Gasteiger partial charge in [-0.3, -0.25) is 4.68 Å². The molecule has 0 unspecified atom stereocenters. The molecule has 1 saturated heterocycles. The first-order chi connectivity index (χ1) is 15.6. The van der Waals surface area contributed by atoms with E-state index in [1.54, 1.807) is 0 Å². The van der Waals surface area contributed by atoms with Gasteiger partial charge in [0.25, 0.3) is 0 Å². The molecule has 2 aromatic carbocycles. The number of hydrogen-bond donors (Lipinski definition) is 1. The van der Waals surface area contributed by atoms with E-state index in [1.165, 1.54) is 0 Å². The maximum atomic E-state index is 9.20. The highest BCUT2D eigenvalue weighted by molar-refractivity contribution is 5.88. The topological polar surface area (TPSA) is 82.7 Å². The summed E-state index contributed by atoms with van der Waals surface area (Å²) in [6.45, 7) is 1.90. The van der Waals surface area contributed by atoms with Crippen LogP contribution in [0.5, 0.6) is 0 Å². The molecule has 0 spiro atoms. The Hall–Kier alpha value is -3.76. The predicted molar refractivity (Wildman–Crippen MR) is 126 cm³/mol. The summed E-state index contributed by atoms with van der Waals surface area (Å²) in [5, 5.41) is 27.4. The average molecular weight is 424 g/mol. The number of hydrogen-bond acceptors (Lipinski definition) is 6. The van der Waals surface area contributed by atoms with Crippen LogP contribution < -0.4 is 10.2 Å². The third kappa shape index (κ3) is 3.81.